The molecule has 0 spiro atoms. The number of nitrogens with two attached hydrogens (primary N) is 1. The van der Waals surface area contributed by atoms with Crippen molar-refractivity contribution in [1.29, 1.82) is 0 Å². The first-order valence-electron chi connectivity index (χ1n) is 7.85. The first-order valence-corrected chi connectivity index (χ1v) is 7.85. The Morgan fingerprint density at radius 3 is 2.38 bits per heavy atom. The van der Waals surface area contributed by atoms with Crippen molar-refractivity contribution in [2.75, 3.05) is 0 Å². The van der Waals surface area contributed by atoms with E-state index in [2.05, 4.69) is 34.7 Å². The summed E-state index contributed by atoms with van der Waals surface area (Å²) < 4.78 is 1.88. The summed E-state index contributed by atoms with van der Waals surface area (Å²) in [7, 11) is 0. The molecule has 0 aliphatic heterocycles. The highest BCUT2D eigenvalue weighted by atomic mass is 16.1. The summed E-state index contributed by atoms with van der Waals surface area (Å²) in [6, 6.07) is 19.2. The molecule has 3 N–H and O–H groups in total. The third-order valence-electron chi connectivity index (χ3n) is 3.85. The van der Waals surface area contributed by atoms with E-state index in [4.69, 9.17) is 5.73 Å². The van der Waals surface area contributed by atoms with E-state index in [0.29, 0.717) is 6.54 Å². The lowest BCUT2D eigenvalue weighted by atomic mass is 10.1. The van der Waals surface area contributed by atoms with Crippen molar-refractivity contribution < 1.29 is 4.79 Å². The maximum atomic E-state index is 11.7. The number of amides is 1. The van der Waals surface area contributed by atoms with Gasteiger partial charge in [-0.15, -0.1) is 0 Å². The lowest BCUT2D eigenvalue weighted by Crippen LogP contribution is -2.33. The van der Waals surface area contributed by atoms with Gasteiger partial charge >= 0.3 is 0 Å². The van der Waals surface area contributed by atoms with E-state index in [1.807, 2.05) is 47.3 Å². The average Bonchev–Trinajstić information content (AvgIpc) is 3.10. The van der Waals surface area contributed by atoms with E-state index in [-0.39, 0.29) is 5.91 Å². The van der Waals surface area contributed by atoms with Crippen LogP contribution in [0.4, 0.5) is 0 Å². The zero-order chi connectivity index (χ0) is 16.8. The predicted octanol–water partition coefficient (Wildman–Crippen LogP) is 2.25. The Balaban J connectivity index is 1.62. The van der Waals surface area contributed by atoms with Crippen LogP contribution in [0.25, 0.3) is 0 Å². The molecule has 0 radical (unpaired) electrons. The van der Waals surface area contributed by atoms with Crippen molar-refractivity contribution in [2.24, 2.45) is 5.73 Å². The van der Waals surface area contributed by atoms with E-state index in [1.54, 1.807) is 6.20 Å². The minimum Gasteiger partial charge on any atom is -0.368 e. The Labute approximate surface area is 141 Å². The molecule has 2 aromatic carbocycles. The molecule has 1 aromatic heterocycles. The number of carbonyl (C=O) groups excluding carboxylic acids is 1. The molecule has 0 saturated carbocycles. The van der Waals surface area contributed by atoms with Crippen LogP contribution in [-0.2, 0) is 17.9 Å². The topological polar surface area (TPSA) is 72.9 Å². The van der Waals surface area contributed by atoms with E-state index >= 15 is 0 Å². The van der Waals surface area contributed by atoms with Crippen LogP contribution in [0, 0.1) is 0 Å². The summed E-state index contributed by atoms with van der Waals surface area (Å²) in [5, 5.41) is 7.42. The van der Waals surface area contributed by atoms with Crippen molar-refractivity contribution in [1.82, 2.24) is 15.1 Å². The number of carbonyl (C=O) groups is 1. The molecule has 1 heterocycles. The Hall–Kier alpha value is -2.92. The fourth-order valence-corrected chi connectivity index (χ4v) is 2.59. The molecular formula is C19H20N4O. The van der Waals surface area contributed by atoms with E-state index < -0.39 is 6.04 Å². The number of aromatic nitrogens is 2. The van der Waals surface area contributed by atoms with Gasteiger partial charge in [0.1, 0.15) is 6.04 Å². The first-order chi connectivity index (χ1) is 11.7. The molecule has 0 bridgehead atoms. The maximum absolute atomic E-state index is 11.7. The molecule has 5 nitrogen and oxygen atoms in total. The van der Waals surface area contributed by atoms with Gasteiger partial charge in [0.15, 0.2) is 0 Å². The quantitative estimate of drug-likeness (QED) is 0.701. The highest BCUT2D eigenvalue weighted by Gasteiger charge is 2.16. The van der Waals surface area contributed by atoms with Crippen LogP contribution in [0.3, 0.4) is 0 Å². The summed E-state index contributed by atoms with van der Waals surface area (Å²) in [6.45, 7) is 1.32. The van der Waals surface area contributed by atoms with Crippen LogP contribution >= 0.6 is 0 Å². The zero-order valence-corrected chi connectivity index (χ0v) is 13.3. The third-order valence-corrected chi connectivity index (χ3v) is 3.85. The van der Waals surface area contributed by atoms with Gasteiger partial charge in [-0.3, -0.25) is 14.8 Å². The fraction of sp³-hybridized carbons (Fsp3) is 0.158. The van der Waals surface area contributed by atoms with Crippen molar-refractivity contribution in [3.63, 3.8) is 0 Å². The maximum Gasteiger partial charge on any atom is 0.239 e. The lowest BCUT2D eigenvalue weighted by Gasteiger charge is -2.16. The summed E-state index contributed by atoms with van der Waals surface area (Å²) in [6.07, 6.45) is 3.71. The second kappa shape index (κ2) is 7.57. The van der Waals surface area contributed by atoms with Crippen LogP contribution in [-0.4, -0.2) is 15.7 Å². The van der Waals surface area contributed by atoms with Crippen LogP contribution in [0.2, 0.25) is 0 Å². The van der Waals surface area contributed by atoms with Gasteiger partial charge in [0.25, 0.3) is 0 Å². The molecule has 0 unspecified atom stereocenters. The molecule has 24 heavy (non-hydrogen) atoms. The molecule has 0 saturated heterocycles. The third kappa shape index (κ3) is 4.08. The molecule has 1 amide bonds. The summed E-state index contributed by atoms with van der Waals surface area (Å²) >= 11 is 0. The number of hydrogen-bond donors (Lipinski definition) is 2. The molecular weight excluding hydrogens is 300 g/mol. The van der Waals surface area contributed by atoms with Crippen LogP contribution in [0.15, 0.2) is 73.1 Å². The number of rotatable bonds is 7. The molecule has 0 fully saturated rings. The van der Waals surface area contributed by atoms with Gasteiger partial charge in [-0.1, -0.05) is 54.6 Å². The van der Waals surface area contributed by atoms with Crippen molar-refractivity contribution >= 4 is 5.91 Å². The molecule has 122 valence electrons. The van der Waals surface area contributed by atoms with Crippen LogP contribution in [0.5, 0.6) is 0 Å². The highest BCUT2D eigenvalue weighted by molar-refractivity contribution is 5.81. The average molecular weight is 320 g/mol. The fourth-order valence-electron chi connectivity index (χ4n) is 2.59. The smallest absolute Gasteiger partial charge is 0.239 e. The molecule has 3 aromatic rings. The van der Waals surface area contributed by atoms with Crippen molar-refractivity contribution in [3.05, 3.63) is 89.7 Å². The highest BCUT2D eigenvalue weighted by Crippen LogP contribution is 2.13. The minimum absolute atomic E-state index is 0.378. The van der Waals surface area contributed by atoms with Gasteiger partial charge in [-0.2, -0.15) is 5.10 Å². The predicted molar refractivity (Wildman–Crippen MR) is 93.0 cm³/mol. The standard InChI is InChI=1S/C19H20N4O/c20-19(24)18(17-5-2-1-3-6-17)21-13-15-7-9-16(10-8-15)14-23-12-4-11-22-23/h1-12,18,21H,13-14H2,(H2,20,24)/t18-/m1/s1. The van der Waals surface area contributed by atoms with E-state index in [1.165, 1.54) is 5.56 Å². The van der Waals surface area contributed by atoms with Gasteiger partial charge < -0.3 is 5.73 Å². The monoisotopic (exact) mass is 320 g/mol. The Kier molecular flexibility index (Phi) is 5.03. The van der Waals surface area contributed by atoms with Crippen LogP contribution in [0.1, 0.15) is 22.7 Å². The van der Waals surface area contributed by atoms with Gasteiger partial charge in [0.2, 0.25) is 5.91 Å². The summed E-state index contributed by atoms with van der Waals surface area (Å²) in [4.78, 5) is 11.7. The number of hydrogen-bond acceptors (Lipinski definition) is 3. The van der Waals surface area contributed by atoms with Gasteiger partial charge in [0, 0.05) is 18.9 Å². The van der Waals surface area contributed by atoms with Gasteiger partial charge in [-0.25, -0.2) is 0 Å². The second-order valence-electron chi connectivity index (χ2n) is 5.65. The van der Waals surface area contributed by atoms with E-state index in [9.17, 15) is 4.79 Å². The molecule has 5 heteroatoms. The van der Waals surface area contributed by atoms with Crippen molar-refractivity contribution in [3.8, 4) is 0 Å². The van der Waals surface area contributed by atoms with Crippen molar-refractivity contribution in [2.45, 2.75) is 19.1 Å². The number of benzene rings is 2. The Morgan fingerprint density at radius 1 is 1.04 bits per heavy atom. The molecule has 1 atom stereocenters. The number of nitrogens with one attached hydrogen (secondary N) is 1. The first kappa shape index (κ1) is 16.0. The molecule has 0 aliphatic rings. The number of nitrogens with zero attached hydrogens (tertiary/aromatic N) is 2. The molecule has 0 aliphatic carbocycles. The van der Waals surface area contributed by atoms with E-state index in [0.717, 1.165) is 17.7 Å². The summed E-state index contributed by atoms with van der Waals surface area (Å²) in [5.41, 5.74) is 8.67. The Bertz CT molecular complexity index is 767. The second-order valence-corrected chi connectivity index (χ2v) is 5.65. The normalized spacial score (nSPS) is 12.0. The largest absolute Gasteiger partial charge is 0.368 e. The van der Waals surface area contributed by atoms with Gasteiger partial charge in [0.05, 0.1) is 6.54 Å². The van der Waals surface area contributed by atoms with Crippen LogP contribution < -0.4 is 11.1 Å². The zero-order valence-electron chi connectivity index (χ0n) is 13.3. The minimum atomic E-state index is -0.491. The van der Waals surface area contributed by atoms with Gasteiger partial charge in [-0.05, 0) is 22.8 Å². The summed E-state index contributed by atoms with van der Waals surface area (Å²) in [5.74, 6) is -0.378. The lowest BCUT2D eigenvalue weighted by molar-refractivity contribution is -0.120. The SMILES string of the molecule is NC(=O)[C@H](NCc1ccc(Cn2cccn2)cc1)c1ccccc1. The number of primary amides is 1. The molecule has 3 rings (SSSR count). The Morgan fingerprint density at radius 2 is 1.75 bits per heavy atom.